The molecular formula is C16H13ClN2O. The maximum Gasteiger partial charge on any atom is 0.259 e. The quantitative estimate of drug-likeness (QED) is 0.810. The van der Waals surface area contributed by atoms with Crippen LogP contribution in [-0.2, 0) is 0 Å². The highest BCUT2D eigenvalue weighted by atomic mass is 35.5. The molecule has 0 N–H and O–H groups in total. The summed E-state index contributed by atoms with van der Waals surface area (Å²) < 4.78 is 0. The molecule has 0 aliphatic heterocycles. The molecule has 1 aromatic heterocycles. The van der Waals surface area contributed by atoms with Crippen LogP contribution in [0.1, 0.15) is 22.8 Å². The number of benzene rings is 1. The fourth-order valence-electron chi connectivity index (χ4n) is 1.90. The van der Waals surface area contributed by atoms with E-state index in [9.17, 15) is 4.79 Å². The number of carbonyl (C=O) groups is 1. The summed E-state index contributed by atoms with van der Waals surface area (Å²) in [4.78, 5) is 18.1. The van der Waals surface area contributed by atoms with Gasteiger partial charge in [-0.2, -0.15) is 0 Å². The van der Waals surface area contributed by atoms with Crippen molar-refractivity contribution in [3.8, 4) is 12.3 Å². The molecule has 0 atom stereocenters. The SMILES string of the molecule is C#Cc1cccc(N(CC)C(=O)c2ccncc2Cl)c1. The van der Waals surface area contributed by atoms with Gasteiger partial charge in [0.05, 0.1) is 10.6 Å². The fourth-order valence-corrected chi connectivity index (χ4v) is 2.10. The van der Waals surface area contributed by atoms with Crippen LogP contribution in [0.2, 0.25) is 5.02 Å². The van der Waals surface area contributed by atoms with E-state index in [-0.39, 0.29) is 5.91 Å². The van der Waals surface area contributed by atoms with E-state index < -0.39 is 0 Å². The van der Waals surface area contributed by atoms with Crippen LogP contribution in [0.5, 0.6) is 0 Å². The Kier molecular flexibility index (Phi) is 4.39. The van der Waals surface area contributed by atoms with Crippen LogP contribution in [0.4, 0.5) is 5.69 Å². The van der Waals surface area contributed by atoms with E-state index in [0.717, 1.165) is 11.3 Å². The van der Waals surface area contributed by atoms with Crippen LogP contribution >= 0.6 is 11.6 Å². The molecule has 2 rings (SSSR count). The number of rotatable bonds is 3. The molecule has 20 heavy (non-hydrogen) atoms. The maximum atomic E-state index is 12.6. The highest BCUT2D eigenvalue weighted by Crippen LogP contribution is 2.21. The second-order valence-electron chi connectivity index (χ2n) is 4.10. The molecule has 2 aromatic rings. The van der Waals surface area contributed by atoms with Crippen LogP contribution in [0.25, 0.3) is 0 Å². The molecule has 1 heterocycles. The smallest absolute Gasteiger partial charge is 0.259 e. The van der Waals surface area contributed by atoms with Gasteiger partial charge in [-0.1, -0.05) is 23.6 Å². The van der Waals surface area contributed by atoms with Crippen LogP contribution in [0, 0.1) is 12.3 Å². The lowest BCUT2D eigenvalue weighted by Crippen LogP contribution is -2.30. The lowest BCUT2D eigenvalue weighted by Gasteiger charge is -2.21. The van der Waals surface area contributed by atoms with E-state index in [4.69, 9.17) is 18.0 Å². The first-order chi connectivity index (χ1) is 9.67. The van der Waals surface area contributed by atoms with Gasteiger partial charge >= 0.3 is 0 Å². The highest BCUT2D eigenvalue weighted by molar-refractivity contribution is 6.34. The molecule has 100 valence electrons. The van der Waals surface area contributed by atoms with Crippen molar-refractivity contribution in [2.24, 2.45) is 0 Å². The summed E-state index contributed by atoms with van der Waals surface area (Å²) in [6.07, 6.45) is 8.39. The molecule has 1 aromatic carbocycles. The van der Waals surface area contributed by atoms with Gasteiger partial charge in [-0.25, -0.2) is 0 Å². The molecule has 0 radical (unpaired) electrons. The first kappa shape index (κ1) is 14.1. The number of hydrogen-bond donors (Lipinski definition) is 0. The number of hydrogen-bond acceptors (Lipinski definition) is 2. The van der Waals surface area contributed by atoms with Crippen LogP contribution < -0.4 is 4.90 Å². The second-order valence-corrected chi connectivity index (χ2v) is 4.51. The Labute approximate surface area is 123 Å². The molecule has 0 aliphatic carbocycles. The van der Waals surface area contributed by atoms with Gasteiger partial charge < -0.3 is 4.90 Å². The van der Waals surface area contributed by atoms with E-state index in [1.54, 1.807) is 23.2 Å². The van der Waals surface area contributed by atoms with E-state index in [1.807, 2.05) is 25.1 Å². The monoisotopic (exact) mass is 284 g/mol. The number of anilines is 1. The summed E-state index contributed by atoms with van der Waals surface area (Å²) in [5.74, 6) is 2.39. The van der Waals surface area contributed by atoms with Crippen molar-refractivity contribution in [1.82, 2.24) is 4.98 Å². The lowest BCUT2D eigenvalue weighted by atomic mass is 10.1. The summed E-state index contributed by atoms with van der Waals surface area (Å²) in [5.41, 5.74) is 1.91. The first-order valence-corrected chi connectivity index (χ1v) is 6.53. The number of pyridine rings is 1. The van der Waals surface area contributed by atoms with Gasteiger partial charge in [0, 0.05) is 30.2 Å². The zero-order valence-electron chi connectivity index (χ0n) is 11.0. The van der Waals surface area contributed by atoms with Crippen molar-refractivity contribution in [3.63, 3.8) is 0 Å². The standard InChI is InChI=1S/C16H13ClN2O/c1-3-12-6-5-7-13(10-12)19(4-2)16(20)14-8-9-18-11-15(14)17/h1,5-11H,4H2,2H3. The van der Waals surface area contributed by atoms with Crippen molar-refractivity contribution >= 4 is 23.2 Å². The Balaban J connectivity index is 2.40. The summed E-state index contributed by atoms with van der Waals surface area (Å²) in [6, 6.07) is 8.90. The minimum atomic E-state index is -0.172. The van der Waals surface area contributed by atoms with Gasteiger partial charge in [0.25, 0.3) is 5.91 Å². The molecule has 0 saturated carbocycles. The number of halogens is 1. The molecular weight excluding hydrogens is 272 g/mol. The Morgan fingerprint density at radius 2 is 2.25 bits per heavy atom. The first-order valence-electron chi connectivity index (χ1n) is 6.15. The Bertz CT molecular complexity index is 676. The summed E-state index contributed by atoms with van der Waals surface area (Å²) >= 11 is 6.02. The molecule has 4 heteroatoms. The van der Waals surface area contributed by atoms with Crippen LogP contribution in [0.15, 0.2) is 42.7 Å². The fraction of sp³-hybridized carbons (Fsp3) is 0.125. The largest absolute Gasteiger partial charge is 0.309 e. The third-order valence-electron chi connectivity index (χ3n) is 2.89. The molecule has 1 amide bonds. The van der Waals surface area contributed by atoms with E-state index in [0.29, 0.717) is 17.1 Å². The summed E-state index contributed by atoms with van der Waals surface area (Å²) in [5, 5.41) is 0.337. The predicted octanol–water partition coefficient (Wildman–Crippen LogP) is 3.38. The van der Waals surface area contributed by atoms with Gasteiger partial charge in [0.15, 0.2) is 0 Å². The zero-order valence-corrected chi connectivity index (χ0v) is 11.8. The number of carbonyl (C=O) groups excluding carboxylic acids is 1. The molecule has 0 spiro atoms. The van der Waals surface area contributed by atoms with Crippen LogP contribution in [0.3, 0.4) is 0 Å². The molecule has 0 fully saturated rings. The van der Waals surface area contributed by atoms with E-state index >= 15 is 0 Å². The third-order valence-corrected chi connectivity index (χ3v) is 3.19. The Morgan fingerprint density at radius 1 is 1.45 bits per heavy atom. The van der Waals surface area contributed by atoms with Gasteiger partial charge in [-0.3, -0.25) is 9.78 Å². The second kappa shape index (κ2) is 6.23. The van der Waals surface area contributed by atoms with Crippen molar-refractivity contribution in [2.45, 2.75) is 6.92 Å². The lowest BCUT2D eigenvalue weighted by molar-refractivity contribution is 0.0988. The third kappa shape index (κ3) is 2.81. The minimum absolute atomic E-state index is 0.172. The summed E-state index contributed by atoms with van der Waals surface area (Å²) in [7, 11) is 0. The molecule has 3 nitrogen and oxygen atoms in total. The van der Waals surface area contributed by atoms with Crippen molar-refractivity contribution in [3.05, 3.63) is 58.9 Å². The number of aromatic nitrogens is 1. The Morgan fingerprint density at radius 3 is 2.90 bits per heavy atom. The van der Waals surface area contributed by atoms with Gasteiger partial charge in [-0.05, 0) is 31.2 Å². The molecule has 0 unspecified atom stereocenters. The Hall–Kier alpha value is -2.31. The van der Waals surface area contributed by atoms with Crippen LogP contribution in [-0.4, -0.2) is 17.4 Å². The van der Waals surface area contributed by atoms with Crippen molar-refractivity contribution < 1.29 is 4.79 Å². The number of nitrogens with zero attached hydrogens (tertiary/aromatic N) is 2. The average molecular weight is 285 g/mol. The molecule has 0 bridgehead atoms. The van der Waals surface area contributed by atoms with E-state index in [1.165, 1.54) is 6.20 Å². The highest BCUT2D eigenvalue weighted by Gasteiger charge is 2.18. The van der Waals surface area contributed by atoms with Crippen molar-refractivity contribution in [1.29, 1.82) is 0 Å². The molecule has 0 saturated heterocycles. The summed E-state index contributed by atoms with van der Waals surface area (Å²) in [6.45, 7) is 2.42. The molecule has 0 aliphatic rings. The minimum Gasteiger partial charge on any atom is -0.309 e. The average Bonchev–Trinajstić information content (AvgIpc) is 2.48. The maximum absolute atomic E-state index is 12.6. The topological polar surface area (TPSA) is 33.2 Å². The van der Waals surface area contributed by atoms with Gasteiger partial charge in [0.2, 0.25) is 0 Å². The number of amides is 1. The van der Waals surface area contributed by atoms with Gasteiger partial charge in [0.1, 0.15) is 0 Å². The van der Waals surface area contributed by atoms with E-state index in [2.05, 4.69) is 10.9 Å². The number of terminal acetylenes is 1. The normalized spacial score (nSPS) is 9.85. The van der Waals surface area contributed by atoms with Gasteiger partial charge in [-0.15, -0.1) is 6.42 Å². The predicted molar refractivity (Wildman–Crippen MR) is 81.0 cm³/mol. The van der Waals surface area contributed by atoms with Crippen molar-refractivity contribution in [2.75, 3.05) is 11.4 Å². The zero-order chi connectivity index (χ0) is 14.5.